The van der Waals surface area contributed by atoms with Crippen molar-refractivity contribution < 1.29 is 4.42 Å². The average Bonchev–Trinajstić information content (AvgIpc) is 2.67. The lowest BCUT2D eigenvalue weighted by atomic mass is 10.2. The van der Waals surface area contributed by atoms with E-state index in [1.54, 1.807) is 12.3 Å². The molecule has 2 aromatic heterocycles. The molecular formula is C11H10ClNO. The standard InChI is InChI=1S/C11H10ClNO/c12-11-5-1-3-9(13-11)6-7-10-4-2-8-14-10/h1-5,8H,6-7H2. The Bertz CT molecular complexity index is 397. The van der Waals surface area contributed by atoms with E-state index in [0.29, 0.717) is 5.15 Å². The van der Waals surface area contributed by atoms with Gasteiger partial charge in [0.15, 0.2) is 0 Å². The number of hydrogen-bond donors (Lipinski definition) is 0. The zero-order valence-corrected chi connectivity index (χ0v) is 8.37. The normalized spacial score (nSPS) is 10.4. The minimum absolute atomic E-state index is 0.543. The third kappa shape index (κ3) is 2.36. The maximum atomic E-state index is 5.77. The van der Waals surface area contributed by atoms with E-state index >= 15 is 0 Å². The summed E-state index contributed by atoms with van der Waals surface area (Å²) >= 11 is 5.77. The number of halogens is 1. The molecule has 0 aromatic carbocycles. The maximum Gasteiger partial charge on any atom is 0.129 e. The van der Waals surface area contributed by atoms with Crippen LogP contribution in [0.3, 0.4) is 0 Å². The summed E-state index contributed by atoms with van der Waals surface area (Å²) < 4.78 is 5.22. The van der Waals surface area contributed by atoms with Gasteiger partial charge in [0.1, 0.15) is 10.9 Å². The van der Waals surface area contributed by atoms with Gasteiger partial charge in [-0.3, -0.25) is 0 Å². The first kappa shape index (κ1) is 9.28. The second kappa shape index (κ2) is 4.29. The van der Waals surface area contributed by atoms with Crippen molar-refractivity contribution in [2.24, 2.45) is 0 Å². The fourth-order valence-corrected chi connectivity index (χ4v) is 1.48. The molecule has 0 aliphatic carbocycles. The van der Waals surface area contributed by atoms with Crippen LogP contribution in [0.2, 0.25) is 5.15 Å². The van der Waals surface area contributed by atoms with Gasteiger partial charge >= 0.3 is 0 Å². The molecule has 0 spiro atoms. The van der Waals surface area contributed by atoms with Crippen molar-refractivity contribution >= 4 is 11.6 Å². The molecule has 72 valence electrons. The molecule has 0 bridgehead atoms. The number of aryl methyl sites for hydroxylation is 2. The van der Waals surface area contributed by atoms with Crippen molar-refractivity contribution in [2.45, 2.75) is 12.8 Å². The fraction of sp³-hybridized carbons (Fsp3) is 0.182. The molecule has 0 saturated heterocycles. The van der Waals surface area contributed by atoms with Gasteiger partial charge in [0.2, 0.25) is 0 Å². The smallest absolute Gasteiger partial charge is 0.129 e. The Hall–Kier alpha value is -1.28. The van der Waals surface area contributed by atoms with E-state index in [1.165, 1.54) is 0 Å². The summed E-state index contributed by atoms with van der Waals surface area (Å²) in [5.41, 5.74) is 0.994. The van der Waals surface area contributed by atoms with Gasteiger partial charge < -0.3 is 4.42 Å². The van der Waals surface area contributed by atoms with Gasteiger partial charge in [-0.05, 0) is 30.7 Å². The molecule has 0 amide bonds. The summed E-state index contributed by atoms with van der Waals surface area (Å²) in [4.78, 5) is 4.20. The minimum Gasteiger partial charge on any atom is -0.469 e. The van der Waals surface area contributed by atoms with Crippen molar-refractivity contribution in [1.29, 1.82) is 0 Å². The van der Waals surface area contributed by atoms with Crippen LogP contribution in [0.4, 0.5) is 0 Å². The fourth-order valence-electron chi connectivity index (χ4n) is 1.30. The Morgan fingerprint density at radius 3 is 2.79 bits per heavy atom. The number of hydrogen-bond acceptors (Lipinski definition) is 2. The first-order valence-electron chi connectivity index (χ1n) is 4.48. The van der Waals surface area contributed by atoms with Crippen molar-refractivity contribution in [2.75, 3.05) is 0 Å². The summed E-state index contributed by atoms with van der Waals surface area (Å²) in [7, 11) is 0. The summed E-state index contributed by atoms with van der Waals surface area (Å²) in [6.45, 7) is 0. The second-order valence-corrected chi connectivity index (χ2v) is 3.42. The first-order valence-corrected chi connectivity index (χ1v) is 4.86. The van der Waals surface area contributed by atoms with Crippen LogP contribution in [0.5, 0.6) is 0 Å². The quantitative estimate of drug-likeness (QED) is 0.723. The molecule has 2 rings (SSSR count). The van der Waals surface area contributed by atoms with E-state index in [-0.39, 0.29) is 0 Å². The van der Waals surface area contributed by atoms with Crippen LogP contribution in [0.15, 0.2) is 41.0 Å². The predicted octanol–water partition coefficient (Wildman–Crippen LogP) is 3.11. The first-order chi connectivity index (χ1) is 6.84. The predicted molar refractivity (Wildman–Crippen MR) is 55.4 cm³/mol. The van der Waals surface area contributed by atoms with E-state index in [4.69, 9.17) is 16.0 Å². The Kier molecular flexibility index (Phi) is 2.84. The van der Waals surface area contributed by atoms with Crippen LogP contribution < -0.4 is 0 Å². The Morgan fingerprint density at radius 1 is 1.14 bits per heavy atom. The average molecular weight is 208 g/mol. The molecular weight excluding hydrogens is 198 g/mol. The summed E-state index contributed by atoms with van der Waals surface area (Å²) in [5.74, 6) is 0.978. The largest absolute Gasteiger partial charge is 0.469 e. The van der Waals surface area contributed by atoms with Crippen LogP contribution in [0, 0.1) is 0 Å². The Labute approximate surface area is 87.5 Å². The van der Waals surface area contributed by atoms with Crippen LogP contribution in [-0.4, -0.2) is 4.98 Å². The third-order valence-corrected chi connectivity index (χ3v) is 2.19. The van der Waals surface area contributed by atoms with Gasteiger partial charge in [-0.1, -0.05) is 17.7 Å². The number of rotatable bonds is 3. The van der Waals surface area contributed by atoms with Gasteiger partial charge in [-0.25, -0.2) is 4.98 Å². The molecule has 0 aliphatic heterocycles. The van der Waals surface area contributed by atoms with E-state index < -0.39 is 0 Å². The van der Waals surface area contributed by atoms with E-state index in [1.807, 2.05) is 24.3 Å². The minimum atomic E-state index is 0.543. The molecule has 0 fully saturated rings. The molecule has 2 heterocycles. The van der Waals surface area contributed by atoms with Crippen LogP contribution >= 0.6 is 11.6 Å². The molecule has 0 radical (unpaired) electrons. The molecule has 3 heteroatoms. The summed E-state index contributed by atoms with van der Waals surface area (Å²) in [6, 6.07) is 9.50. The monoisotopic (exact) mass is 207 g/mol. The van der Waals surface area contributed by atoms with Gasteiger partial charge in [0.25, 0.3) is 0 Å². The lowest BCUT2D eigenvalue weighted by molar-refractivity contribution is 0.507. The van der Waals surface area contributed by atoms with Gasteiger partial charge in [-0.2, -0.15) is 0 Å². The number of nitrogens with zero attached hydrogens (tertiary/aromatic N) is 1. The zero-order valence-electron chi connectivity index (χ0n) is 7.61. The molecule has 0 N–H and O–H groups in total. The molecule has 0 unspecified atom stereocenters. The van der Waals surface area contributed by atoms with Crippen LogP contribution in [-0.2, 0) is 12.8 Å². The third-order valence-electron chi connectivity index (χ3n) is 1.98. The highest BCUT2D eigenvalue weighted by Crippen LogP contribution is 2.09. The van der Waals surface area contributed by atoms with E-state index in [0.717, 1.165) is 24.3 Å². The summed E-state index contributed by atoms with van der Waals surface area (Å²) in [6.07, 6.45) is 3.40. The molecule has 2 nitrogen and oxygen atoms in total. The van der Waals surface area contributed by atoms with Crippen molar-refractivity contribution in [3.8, 4) is 0 Å². The second-order valence-electron chi connectivity index (χ2n) is 3.03. The molecule has 14 heavy (non-hydrogen) atoms. The van der Waals surface area contributed by atoms with E-state index in [2.05, 4.69) is 4.98 Å². The SMILES string of the molecule is Clc1cccc(CCc2ccco2)n1. The van der Waals surface area contributed by atoms with Gasteiger partial charge in [0, 0.05) is 12.1 Å². The molecule has 0 saturated carbocycles. The van der Waals surface area contributed by atoms with Crippen LogP contribution in [0.25, 0.3) is 0 Å². The topological polar surface area (TPSA) is 26.0 Å². The lowest BCUT2D eigenvalue weighted by Crippen LogP contribution is -1.92. The van der Waals surface area contributed by atoms with Gasteiger partial charge in [0.05, 0.1) is 6.26 Å². The van der Waals surface area contributed by atoms with Crippen LogP contribution in [0.1, 0.15) is 11.5 Å². The van der Waals surface area contributed by atoms with Crippen molar-refractivity contribution in [1.82, 2.24) is 4.98 Å². The zero-order chi connectivity index (χ0) is 9.80. The highest BCUT2D eigenvalue weighted by atomic mass is 35.5. The molecule has 0 aliphatic rings. The van der Waals surface area contributed by atoms with E-state index in [9.17, 15) is 0 Å². The van der Waals surface area contributed by atoms with Gasteiger partial charge in [-0.15, -0.1) is 0 Å². The highest BCUT2D eigenvalue weighted by Gasteiger charge is 1.99. The number of furan rings is 1. The Morgan fingerprint density at radius 2 is 2.07 bits per heavy atom. The Balaban J connectivity index is 1.98. The van der Waals surface area contributed by atoms with Crippen molar-refractivity contribution in [3.63, 3.8) is 0 Å². The molecule has 2 aromatic rings. The lowest BCUT2D eigenvalue weighted by Gasteiger charge is -1.98. The maximum absolute atomic E-state index is 5.77. The summed E-state index contributed by atoms with van der Waals surface area (Å²) in [5, 5.41) is 0.543. The number of pyridine rings is 1. The highest BCUT2D eigenvalue weighted by molar-refractivity contribution is 6.29. The van der Waals surface area contributed by atoms with Crippen molar-refractivity contribution in [3.05, 3.63) is 53.2 Å². The molecule has 0 atom stereocenters. The number of aromatic nitrogens is 1.